The lowest BCUT2D eigenvalue weighted by atomic mass is 10.00. The molecule has 0 unspecified atom stereocenters. The molecule has 0 aromatic heterocycles. The highest BCUT2D eigenvalue weighted by molar-refractivity contribution is 5.49. The van der Waals surface area contributed by atoms with E-state index in [0.29, 0.717) is 0 Å². The van der Waals surface area contributed by atoms with Crippen molar-refractivity contribution in [3.63, 3.8) is 0 Å². The van der Waals surface area contributed by atoms with E-state index in [2.05, 4.69) is 13.8 Å². The number of rotatable bonds is 6. The van der Waals surface area contributed by atoms with Gasteiger partial charge in [-0.2, -0.15) is 0 Å². The van der Waals surface area contributed by atoms with Gasteiger partial charge in [-0.05, 0) is 12.3 Å². The second-order valence-electron chi connectivity index (χ2n) is 2.99. The molecule has 0 saturated heterocycles. The molecule has 0 spiro atoms. The van der Waals surface area contributed by atoms with E-state index in [0.717, 1.165) is 25.0 Å². The first-order valence-corrected chi connectivity index (χ1v) is 4.24. The molecular formula is C9H18O. The minimum atomic E-state index is 0.741. The average molecular weight is 142 g/mol. The topological polar surface area (TPSA) is 17.1 Å². The molecule has 0 aliphatic rings. The SMILES string of the molecule is CCCC[C@@H](C)CCC=O. The lowest BCUT2D eigenvalue weighted by Gasteiger charge is -2.06. The van der Waals surface area contributed by atoms with E-state index >= 15 is 0 Å². The molecule has 0 aromatic carbocycles. The summed E-state index contributed by atoms with van der Waals surface area (Å²) >= 11 is 0. The van der Waals surface area contributed by atoms with Crippen LogP contribution in [0.15, 0.2) is 0 Å². The molecule has 0 heterocycles. The van der Waals surface area contributed by atoms with Crippen molar-refractivity contribution >= 4 is 6.29 Å². The minimum absolute atomic E-state index is 0.741. The summed E-state index contributed by atoms with van der Waals surface area (Å²) in [6.45, 7) is 4.42. The van der Waals surface area contributed by atoms with Crippen molar-refractivity contribution in [2.24, 2.45) is 5.92 Å². The fraction of sp³-hybridized carbons (Fsp3) is 0.889. The van der Waals surface area contributed by atoms with Gasteiger partial charge in [-0.15, -0.1) is 0 Å². The molecular weight excluding hydrogens is 124 g/mol. The van der Waals surface area contributed by atoms with Crippen LogP contribution in [0.1, 0.15) is 46.0 Å². The average Bonchev–Trinajstić information content (AvgIpc) is 1.97. The van der Waals surface area contributed by atoms with Gasteiger partial charge < -0.3 is 4.79 Å². The molecule has 0 aliphatic carbocycles. The third-order valence-corrected chi connectivity index (χ3v) is 1.83. The molecule has 0 fully saturated rings. The van der Waals surface area contributed by atoms with Crippen LogP contribution in [-0.4, -0.2) is 6.29 Å². The van der Waals surface area contributed by atoms with Crippen LogP contribution in [0.25, 0.3) is 0 Å². The Morgan fingerprint density at radius 3 is 2.60 bits per heavy atom. The molecule has 1 nitrogen and oxygen atoms in total. The Morgan fingerprint density at radius 2 is 2.10 bits per heavy atom. The number of carbonyl (C=O) groups is 1. The van der Waals surface area contributed by atoms with Crippen molar-refractivity contribution in [1.82, 2.24) is 0 Å². The van der Waals surface area contributed by atoms with Gasteiger partial charge in [0.15, 0.2) is 0 Å². The summed E-state index contributed by atoms with van der Waals surface area (Å²) in [7, 11) is 0. The van der Waals surface area contributed by atoms with Crippen molar-refractivity contribution in [2.75, 3.05) is 0 Å². The predicted octanol–water partition coefficient (Wildman–Crippen LogP) is 2.79. The van der Waals surface area contributed by atoms with Crippen molar-refractivity contribution in [3.05, 3.63) is 0 Å². The maximum Gasteiger partial charge on any atom is 0.120 e. The normalized spacial score (nSPS) is 13.0. The maximum atomic E-state index is 9.98. The zero-order valence-electron chi connectivity index (χ0n) is 7.10. The summed E-state index contributed by atoms with van der Waals surface area (Å²) in [6.07, 6.45) is 6.69. The van der Waals surface area contributed by atoms with E-state index in [4.69, 9.17) is 0 Å². The van der Waals surface area contributed by atoms with Gasteiger partial charge in [0, 0.05) is 6.42 Å². The molecule has 1 heteroatoms. The Bertz CT molecular complexity index is 78.8. The second kappa shape index (κ2) is 6.79. The molecule has 60 valence electrons. The fourth-order valence-electron chi connectivity index (χ4n) is 1.05. The largest absolute Gasteiger partial charge is 0.303 e. The van der Waals surface area contributed by atoms with Gasteiger partial charge in [-0.1, -0.05) is 33.1 Å². The zero-order valence-corrected chi connectivity index (χ0v) is 7.10. The van der Waals surface area contributed by atoms with Gasteiger partial charge in [0.25, 0.3) is 0 Å². The molecule has 10 heavy (non-hydrogen) atoms. The van der Waals surface area contributed by atoms with Gasteiger partial charge >= 0.3 is 0 Å². The maximum absolute atomic E-state index is 9.98. The fourth-order valence-corrected chi connectivity index (χ4v) is 1.05. The lowest BCUT2D eigenvalue weighted by molar-refractivity contribution is -0.108. The van der Waals surface area contributed by atoms with E-state index in [9.17, 15) is 4.79 Å². The molecule has 1 atom stereocenters. The highest BCUT2D eigenvalue weighted by atomic mass is 16.1. The molecule has 0 saturated carbocycles. The van der Waals surface area contributed by atoms with Crippen LogP contribution in [0.2, 0.25) is 0 Å². The molecule has 0 N–H and O–H groups in total. The van der Waals surface area contributed by atoms with Crippen molar-refractivity contribution in [3.8, 4) is 0 Å². The van der Waals surface area contributed by atoms with Crippen LogP contribution in [0.3, 0.4) is 0 Å². The summed E-state index contributed by atoms with van der Waals surface area (Å²) < 4.78 is 0. The van der Waals surface area contributed by atoms with Crippen LogP contribution in [-0.2, 0) is 4.79 Å². The second-order valence-corrected chi connectivity index (χ2v) is 2.99. The first-order valence-electron chi connectivity index (χ1n) is 4.24. The summed E-state index contributed by atoms with van der Waals surface area (Å²) in [5.41, 5.74) is 0. The van der Waals surface area contributed by atoms with Crippen molar-refractivity contribution in [1.29, 1.82) is 0 Å². The molecule has 0 aromatic rings. The number of hydrogen-bond acceptors (Lipinski definition) is 1. The van der Waals surface area contributed by atoms with Gasteiger partial charge in [0.1, 0.15) is 6.29 Å². The van der Waals surface area contributed by atoms with E-state index < -0.39 is 0 Å². The molecule has 0 bridgehead atoms. The lowest BCUT2D eigenvalue weighted by Crippen LogP contribution is -1.94. The van der Waals surface area contributed by atoms with E-state index in [-0.39, 0.29) is 0 Å². The molecule has 0 aliphatic heterocycles. The van der Waals surface area contributed by atoms with Crippen LogP contribution in [0, 0.1) is 5.92 Å². The van der Waals surface area contributed by atoms with Gasteiger partial charge in [0.05, 0.1) is 0 Å². The number of hydrogen-bond donors (Lipinski definition) is 0. The minimum Gasteiger partial charge on any atom is -0.303 e. The first-order chi connectivity index (χ1) is 4.81. The molecule has 0 rings (SSSR count). The Labute approximate surface area is 63.8 Å². The van der Waals surface area contributed by atoms with Crippen molar-refractivity contribution < 1.29 is 4.79 Å². The first kappa shape index (κ1) is 9.67. The van der Waals surface area contributed by atoms with Crippen LogP contribution in [0.4, 0.5) is 0 Å². The Kier molecular flexibility index (Phi) is 6.56. The summed E-state index contributed by atoms with van der Waals surface area (Å²) in [6, 6.07) is 0. The zero-order chi connectivity index (χ0) is 7.82. The predicted molar refractivity (Wildman–Crippen MR) is 44.0 cm³/mol. The Morgan fingerprint density at radius 1 is 1.40 bits per heavy atom. The van der Waals surface area contributed by atoms with Gasteiger partial charge in [0.2, 0.25) is 0 Å². The molecule has 0 amide bonds. The van der Waals surface area contributed by atoms with Crippen molar-refractivity contribution in [2.45, 2.75) is 46.0 Å². The van der Waals surface area contributed by atoms with Crippen LogP contribution in [0.5, 0.6) is 0 Å². The van der Waals surface area contributed by atoms with E-state index in [1.165, 1.54) is 19.3 Å². The summed E-state index contributed by atoms with van der Waals surface area (Å²) in [5, 5.41) is 0. The standard InChI is InChI=1S/C9H18O/c1-3-4-6-9(2)7-5-8-10/h8-9H,3-7H2,1-2H3/t9-/m1/s1. The van der Waals surface area contributed by atoms with E-state index in [1.807, 2.05) is 0 Å². The highest BCUT2D eigenvalue weighted by Gasteiger charge is 1.99. The monoisotopic (exact) mass is 142 g/mol. The smallest absolute Gasteiger partial charge is 0.120 e. The highest BCUT2D eigenvalue weighted by Crippen LogP contribution is 2.12. The molecule has 0 radical (unpaired) electrons. The third-order valence-electron chi connectivity index (χ3n) is 1.83. The number of carbonyl (C=O) groups excluding carboxylic acids is 1. The number of aldehydes is 1. The third kappa shape index (κ3) is 5.80. The Hall–Kier alpha value is -0.330. The van der Waals surface area contributed by atoms with Gasteiger partial charge in [-0.3, -0.25) is 0 Å². The van der Waals surface area contributed by atoms with Gasteiger partial charge in [-0.25, -0.2) is 0 Å². The quantitative estimate of drug-likeness (QED) is 0.521. The van der Waals surface area contributed by atoms with E-state index in [1.54, 1.807) is 0 Å². The van der Waals surface area contributed by atoms with Crippen LogP contribution < -0.4 is 0 Å². The Balaban J connectivity index is 3.07. The number of unbranched alkanes of at least 4 members (excludes halogenated alkanes) is 1. The summed E-state index contributed by atoms with van der Waals surface area (Å²) in [4.78, 5) is 9.98. The van der Waals surface area contributed by atoms with Crippen LogP contribution >= 0.6 is 0 Å². The summed E-state index contributed by atoms with van der Waals surface area (Å²) in [5.74, 6) is 0.741.